The van der Waals surface area contributed by atoms with Crippen LogP contribution in [0.2, 0.25) is 0 Å². The molecule has 1 heterocycles. The van der Waals surface area contributed by atoms with Crippen LogP contribution in [0.25, 0.3) is 10.6 Å². The molecule has 0 radical (unpaired) electrons. The highest BCUT2D eigenvalue weighted by Crippen LogP contribution is 2.33. The van der Waals surface area contributed by atoms with E-state index in [1.165, 1.54) is 23.6 Å². The molecule has 2 amide bonds. The first-order valence-electron chi connectivity index (χ1n) is 8.60. The summed E-state index contributed by atoms with van der Waals surface area (Å²) in [5.41, 5.74) is 0.381. The fourth-order valence-corrected chi connectivity index (χ4v) is 3.33. The number of aromatic nitrogens is 1. The number of benzene rings is 2. The third-order valence-corrected chi connectivity index (χ3v) is 4.78. The van der Waals surface area contributed by atoms with Crippen LogP contribution in [0.1, 0.15) is 33.3 Å². The van der Waals surface area contributed by atoms with Crippen LogP contribution in [0.3, 0.4) is 0 Å². The molecule has 5 nitrogen and oxygen atoms in total. The SMILES string of the molecule is CCNC(=O)c1cccc(NC(=O)c2csc(-c3cccc(C(F)(F)F)c3)n2)c1. The van der Waals surface area contributed by atoms with E-state index in [9.17, 15) is 22.8 Å². The Labute approximate surface area is 168 Å². The maximum absolute atomic E-state index is 12.9. The van der Waals surface area contributed by atoms with Gasteiger partial charge in [0.25, 0.3) is 11.8 Å². The number of nitrogens with zero attached hydrogens (tertiary/aromatic N) is 1. The monoisotopic (exact) mass is 419 g/mol. The lowest BCUT2D eigenvalue weighted by Crippen LogP contribution is -2.22. The molecular formula is C20H16F3N3O2S. The Balaban J connectivity index is 1.77. The minimum atomic E-state index is -4.46. The Hall–Kier alpha value is -3.20. The van der Waals surface area contributed by atoms with Gasteiger partial charge in [0, 0.05) is 28.7 Å². The van der Waals surface area contributed by atoms with Crippen molar-refractivity contribution >= 4 is 28.8 Å². The maximum Gasteiger partial charge on any atom is 0.416 e. The minimum absolute atomic E-state index is 0.0748. The number of anilines is 1. The van der Waals surface area contributed by atoms with E-state index in [0.717, 1.165) is 23.5 Å². The van der Waals surface area contributed by atoms with Gasteiger partial charge in [0.2, 0.25) is 0 Å². The second-order valence-corrected chi connectivity index (χ2v) is 6.87. The Bertz CT molecular complexity index is 1050. The first kappa shape index (κ1) is 20.5. The second kappa shape index (κ2) is 8.44. The minimum Gasteiger partial charge on any atom is -0.352 e. The predicted molar refractivity (Wildman–Crippen MR) is 105 cm³/mol. The highest BCUT2D eigenvalue weighted by Gasteiger charge is 2.30. The quantitative estimate of drug-likeness (QED) is 0.622. The number of halogens is 3. The first-order valence-corrected chi connectivity index (χ1v) is 9.48. The molecule has 0 aliphatic heterocycles. The Morgan fingerprint density at radius 3 is 2.55 bits per heavy atom. The number of nitrogens with one attached hydrogen (secondary N) is 2. The summed E-state index contributed by atoms with van der Waals surface area (Å²) < 4.78 is 38.7. The summed E-state index contributed by atoms with van der Waals surface area (Å²) in [5, 5.41) is 7.08. The molecule has 2 aromatic carbocycles. The molecule has 0 aliphatic rings. The molecule has 29 heavy (non-hydrogen) atoms. The summed E-state index contributed by atoms with van der Waals surface area (Å²) in [4.78, 5) is 28.5. The molecule has 9 heteroatoms. The van der Waals surface area contributed by atoms with Crippen LogP contribution >= 0.6 is 11.3 Å². The van der Waals surface area contributed by atoms with Crippen molar-refractivity contribution in [2.24, 2.45) is 0 Å². The lowest BCUT2D eigenvalue weighted by molar-refractivity contribution is -0.137. The van der Waals surface area contributed by atoms with Crippen LogP contribution < -0.4 is 10.6 Å². The second-order valence-electron chi connectivity index (χ2n) is 6.01. The van der Waals surface area contributed by atoms with Crippen molar-refractivity contribution in [3.05, 3.63) is 70.7 Å². The molecule has 2 N–H and O–H groups in total. The number of hydrogen-bond acceptors (Lipinski definition) is 4. The summed E-state index contributed by atoms with van der Waals surface area (Å²) in [6.07, 6.45) is -4.46. The molecule has 0 saturated carbocycles. The average molecular weight is 419 g/mol. The van der Waals surface area contributed by atoms with Gasteiger partial charge in [-0.15, -0.1) is 11.3 Å². The van der Waals surface area contributed by atoms with Crippen LogP contribution in [-0.2, 0) is 6.18 Å². The van der Waals surface area contributed by atoms with Crippen molar-refractivity contribution in [2.45, 2.75) is 13.1 Å². The normalized spacial score (nSPS) is 11.2. The predicted octanol–water partition coefficient (Wildman–Crippen LogP) is 4.83. The number of amides is 2. The Morgan fingerprint density at radius 2 is 1.83 bits per heavy atom. The van der Waals surface area contributed by atoms with Gasteiger partial charge in [-0.25, -0.2) is 4.98 Å². The molecule has 150 valence electrons. The molecule has 1 aromatic heterocycles. The molecule has 0 fully saturated rings. The smallest absolute Gasteiger partial charge is 0.352 e. The van der Waals surface area contributed by atoms with Crippen LogP contribution in [0.4, 0.5) is 18.9 Å². The molecule has 0 atom stereocenters. The zero-order chi connectivity index (χ0) is 21.0. The van der Waals surface area contributed by atoms with Gasteiger partial charge in [-0.2, -0.15) is 13.2 Å². The molecular weight excluding hydrogens is 403 g/mol. The number of alkyl halides is 3. The standard InChI is InChI=1S/C20H16F3N3O2S/c1-2-24-17(27)12-5-4-8-15(10-12)25-18(28)16-11-29-19(26-16)13-6-3-7-14(9-13)20(21,22)23/h3-11H,2H2,1H3,(H,24,27)(H,25,28). The summed E-state index contributed by atoms with van der Waals surface area (Å²) >= 11 is 1.07. The largest absolute Gasteiger partial charge is 0.416 e. The van der Waals surface area contributed by atoms with Gasteiger partial charge in [0.1, 0.15) is 10.7 Å². The van der Waals surface area contributed by atoms with Crippen molar-refractivity contribution in [3.8, 4) is 10.6 Å². The number of hydrogen-bond donors (Lipinski definition) is 2. The molecule has 0 aliphatic carbocycles. The third-order valence-electron chi connectivity index (χ3n) is 3.89. The molecule has 0 saturated heterocycles. The Kier molecular flexibility index (Phi) is 5.97. The van der Waals surface area contributed by atoms with E-state index in [1.807, 2.05) is 0 Å². The van der Waals surface area contributed by atoms with Crippen LogP contribution in [-0.4, -0.2) is 23.3 Å². The summed E-state index contributed by atoms with van der Waals surface area (Å²) in [7, 11) is 0. The van der Waals surface area contributed by atoms with Gasteiger partial charge in [-0.1, -0.05) is 18.2 Å². The van der Waals surface area contributed by atoms with Gasteiger partial charge < -0.3 is 10.6 Å². The van der Waals surface area contributed by atoms with Gasteiger partial charge in [-0.05, 0) is 37.3 Å². The topological polar surface area (TPSA) is 71.1 Å². The van der Waals surface area contributed by atoms with Crippen molar-refractivity contribution in [1.29, 1.82) is 0 Å². The molecule has 0 unspecified atom stereocenters. The van der Waals surface area contributed by atoms with Gasteiger partial charge in [0.15, 0.2) is 0 Å². The molecule has 3 aromatic rings. The van der Waals surface area contributed by atoms with E-state index in [1.54, 1.807) is 25.1 Å². The summed E-state index contributed by atoms with van der Waals surface area (Å²) in [6, 6.07) is 11.2. The van der Waals surface area contributed by atoms with E-state index in [-0.39, 0.29) is 17.2 Å². The van der Waals surface area contributed by atoms with E-state index < -0.39 is 17.6 Å². The van der Waals surface area contributed by atoms with E-state index in [0.29, 0.717) is 22.8 Å². The van der Waals surface area contributed by atoms with E-state index >= 15 is 0 Å². The van der Waals surface area contributed by atoms with Crippen LogP contribution in [0.15, 0.2) is 53.9 Å². The van der Waals surface area contributed by atoms with Crippen molar-refractivity contribution in [1.82, 2.24) is 10.3 Å². The average Bonchev–Trinajstić information content (AvgIpc) is 3.18. The summed E-state index contributed by atoms with van der Waals surface area (Å²) in [5.74, 6) is -0.781. The maximum atomic E-state index is 12.9. The van der Waals surface area contributed by atoms with Gasteiger partial charge >= 0.3 is 6.18 Å². The van der Waals surface area contributed by atoms with Gasteiger partial charge in [-0.3, -0.25) is 9.59 Å². The Morgan fingerprint density at radius 1 is 1.07 bits per heavy atom. The fraction of sp³-hybridized carbons (Fsp3) is 0.150. The molecule has 0 spiro atoms. The van der Waals surface area contributed by atoms with Crippen molar-refractivity contribution < 1.29 is 22.8 Å². The first-order chi connectivity index (χ1) is 13.8. The van der Waals surface area contributed by atoms with Crippen molar-refractivity contribution in [2.75, 3.05) is 11.9 Å². The highest BCUT2D eigenvalue weighted by molar-refractivity contribution is 7.13. The van der Waals surface area contributed by atoms with E-state index in [4.69, 9.17) is 0 Å². The lowest BCUT2D eigenvalue weighted by Gasteiger charge is -2.07. The number of thiazole rings is 1. The highest BCUT2D eigenvalue weighted by atomic mass is 32.1. The zero-order valence-electron chi connectivity index (χ0n) is 15.2. The number of carbonyl (C=O) groups excluding carboxylic acids is 2. The lowest BCUT2D eigenvalue weighted by atomic mass is 10.1. The van der Waals surface area contributed by atoms with Crippen molar-refractivity contribution in [3.63, 3.8) is 0 Å². The fourth-order valence-electron chi connectivity index (χ4n) is 2.54. The molecule has 3 rings (SSSR count). The van der Waals surface area contributed by atoms with Crippen LogP contribution in [0, 0.1) is 0 Å². The molecule has 0 bridgehead atoms. The van der Waals surface area contributed by atoms with Crippen LogP contribution in [0.5, 0.6) is 0 Å². The zero-order valence-corrected chi connectivity index (χ0v) is 16.0. The third kappa shape index (κ3) is 5.00. The van der Waals surface area contributed by atoms with Gasteiger partial charge in [0.05, 0.1) is 5.56 Å². The summed E-state index contributed by atoms with van der Waals surface area (Å²) in [6.45, 7) is 2.28. The number of rotatable bonds is 5. The van der Waals surface area contributed by atoms with E-state index in [2.05, 4.69) is 15.6 Å². The number of carbonyl (C=O) groups is 2.